The zero-order chi connectivity index (χ0) is 25.6. The summed E-state index contributed by atoms with van der Waals surface area (Å²) in [6.45, 7) is -1.23. The second kappa shape index (κ2) is 9.04. The highest BCUT2D eigenvalue weighted by molar-refractivity contribution is 7.86. The molecule has 0 radical (unpaired) electrons. The molecular weight excluding hydrogens is 499 g/mol. The standard InChI is InChI=1S/C19H25F5O9S/c1-2-30-14(25)18(19(22,23)24,31-4-3-17(20,21)34(27,28)29)33-15(26)32-16-8-11-5-12(9-16)7-13(6-11)10-16/h11-13H,2-10H2,1H3,(H,27,28,29). The van der Waals surface area contributed by atoms with Gasteiger partial charge in [0.2, 0.25) is 0 Å². The zero-order valence-electron chi connectivity index (χ0n) is 18.1. The fourth-order valence-corrected chi connectivity index (χ4v) is 5.87. The maximum Gasteiger partial charge on any atom is 0.512 e. The van der Waals surface area contributed by atoms with E-state index < -0.39 is 64.7 Å². The highest BCUT2D eigenvalue weighted by atomic mass is 32.2. The molecule has 1 unspecified atom stereocenters. The fraction of sp³-hybridized carbons (Fsp3) is 0.895. The van der Waals surface area contributed by atoms with Gasteiger partial charge >= 0.3 is 39.5 Å². The summed E-state index contributed by atoms with van der Waals surface area (Å²) < 4.78 is 117. The first kappa shape index (κ1) is 26.9. The number of alkyl halides is 5. The van der Waals surface area contributed by atoms with Crippen LogP contribution in [0.2, 0.25) is 0 Å². The first-order valence-electron chi connectivity index (χ1n) is 10.7. The van der Waals surface area contributed by atoms with Crippen LogP contribution in [0, 0.1) is 17.8 Å². The molecule has 0 aromatic heterocycles. The van der Waals surface area contributed by atoms with Crippen LogP contribution in [0.15, 0.2) is 0 Å². The predicted octanol–water partition coefficient (Wildman–Crippen LogP) is 3.82. The van der Waals surface area contributed by atoms with Crippen molar-refractivity contribution in [1.29, 1.82) is 0 Å². The molecule has 1 N–H and O–H groups in total. The van der Waals surface area contributed by atoms with Gasteiger partial charge in [-0.05, 0) is 63.2 Å². The summed E-state index contributed by atoms with van der Waals surface area (Å²) >= 11 is 0. The number of carbonyl (C=O) groups is 2. The Morgan fingerprint density at radius 1 is 1.00 bits per heavy atom. The summed E-state index contributed by atoms with van der Waals surface area (Å²) in [6, 6.07) is 0. The molecular formula is C19H25F5O9S. The molecule has 4 bridgehead atoms. The van der Waals surface area contributed by atoms with Crippen molar-refractivity contribution < 1.29 is 63.5 Å². The summed E-state index contributed by atoms with van der Waals surface area (Å²) in [5, 5.41) is -4.89. The summed E-state index contributed by atoms with van der Waals surface area (Å²) in [6.07, 6.45) is -5.62. The topological polar surface area (TPSA) is 125 Å². The van der Waals surface area contributed by atoms with Crippen molar-refractivity contribution in [2.45, 2.75) is 74.7 Å². The average molecular weight is 524 g/mol. The SMILES string of the molecule is CCOC(=O)C(OCCC(F)(F)S(=O)(=O)O)(OC(=O)OC12CC3CC(CC(C3)C1)C2)C(F)(F)F. The Morgan fingerprint density at radius 3 is 1.91 bits per heavy atom. The molecule has 0 aliphatic heterocycles. The Hall–Kier alpha value is -1.74. The maximum atomic E-state index is 13.9. The lowest BCUT2D eigenvalue weighted by atomic mass is 9.54. The van der Waals surface area contributed by atoms with Crippen molar-refractivity contribution in [3.05, 3.63) is 0 Å². The monoisotopic (exact) mass is 524 g/mol. The van der Waals surface area contributed by atoms with Crippen molar-refractivity contribution in [3.8, 4) is 0 Å². The highest BCUT2D eigenvalue weighted by Gasteiger charge is 2.69. The van der Waals surface area contributed by atoms with Crippen molar-refractivity contribution in [2.24, 2.45) is 17.8 Å². The van der Waals surface area contributed by atoms with Crippen LogP contribution in [0.1, 0.15) is 51.9 Å². The molecule has 4 aliphatic carbocycles. The molecule has 0 aromatic carbocycles. The van der Waals surface area contributed by atoms with Gasteiger partial charge < -0.3 is 18.9 Å². The van der Waals surface area contributed by atoms with E-state index in [2.05, 4.69) is 14.2 Å². The molecule has 34 heavy (non-hydrogen) atoms. The second-order valence-electron chi connectivity index (χ2n) is 9.10. The van der Waals surface area contributed by atoms with Gasteiger partial charge in [-0.2, -0.15) is 30.4 Å². The summed E-state index contributed by atoms with van der Waals surface area (Å²) in [5.74, 6) is -6.01. The van der Waals surface area contributed by atoms with Crippen LogP contribution in [-0.2, 0) is 33.9 Å². The van der Waals surface area contributed by atoms with Gasteiger partial charge in [-0.25, -0.2) is 9.59 Å². The number of esters is 1. The molecule has 15 heteroatoms. The molecule has 196 valence electrons. The minimum absolute atomic E-state index is 0.246. The van der Waals surface area contributed by atoms with Crippen LogP contribution in [0.3, 0.4) is 0 Å². The normalized spacial score (nSPS) is 30.5. The molecule has 0 spiro atoms. The third kappa shape index (κ3) is 5.25. The first-order chi connectivity index (χ1) is 15.5. The molecule has 4 rings (SSSR count). The predicted molar refractivity (Wildman–Crippen MR) is 101 cm³/mol. The van der Waals surface area contributed by atoms with Gasteiger partial charge in [0.25, 0.3) is 0 Å². The molecule has 0 heterocycles. The number of hydrogen-bond acceptors (Lipinski definition) is 8. The molecule has 4 aliphatic rings. The lowest BCUT2D eigenvalue weighted by Crippen LogP contribution is -2.60. The minimum Gasteiger partial charge on any atom is -0.461 e. The molecule has 0 saturated heterocycles. The number of hydrogen-bond donors (Lipinski definition) is 1. The third-order valence-corrected chi connectivity index (χ3v) is 7.46. The van der Waals surface area contributed by atoms with Gasteiger partial charge in [-0.3, -0.25) is 4.55 Å². The summed E-state index contributed by atoms with van der Waals surface area (Å²) in [5.41, 5.74) is -1.06. The fourth-order valence-electron chi connectivity index (χ4n) is 5.53. The van der Waals surface area contributed by atoms with Crippen molar-refractivity contribution in [3.63, 3.8) is 0 Å². The third-order valence-electron chi connectivity index (χ3n) is 6.50. The molecule has 4 fully saturated rings. The van der Waals surface area contributed by atoms with Crippen molar-refractivity contribution in [2.75, 3.05) is 13.2 Å². The van der Waals surface area contributed by atoms with E-state index in [4.69, 9.17) is 9.29 Å². The van der Waals surface area contributed by atoms with Crippen LogP contribution in [0.5, 0.6) is 0 Å². The van der Waals surface area contributed by atoms with Gasteiger partial charge in [0, 0.05) is 0 Å². The Kier molecular flexibility index (Phi) is 7.14. The Morgan fingerprint density at radius 2 is 1.50 bits per heavy atom. The van der Waals surface area contributed by atoms with Gasteiger partial charge in [0.05, 0.1) is 19.6 Å². The first-order valence-corrected chi connectivity index (χ1v) is 12.1. The zero-order valence-corrected chi connectivity index (χ0v) is 18.9. The van der Waals surface area contributed by atoms with Crippen LogP contribution in [0.4, 0.5) is 26.7 Å². The van der Waals surface area contributed by atoms with Gasteiger partial charge in [-0.1, -0.05) is 0 Å². The number of rotatable bonds is 9. The molecule has 9 nitrogen and oxygen atoms in total. The largest absolute Gasteiger partial charge is 0.512 e. The smallest absolute Gasteiger partial charge is 0.461 e. The second-order valence-corrected chi connectivity index (χ2v) is 10.6. The molecule has 0 amide bonds. The van der Waals surface area contributed by atoms with E-state index in [0.29, 0.717) is 19.3 Å². The van der Waals surface area contributed by atoms with Gasteiger partial charge in [0.15, 0.2) is 0 Å². The van der Waals surface area contributed by atoms with E-state index in [9.17, 15) is 40.0 Å². The van der Waals surface area contributed by atoms with E-state index in [0.717, 1.165) is 26.2 Å². The quantitative estimate of drug-likeness (QED) is 0.207. The number of halogens is 5. The Balaban J connectivity index is 1.80. The van der Waals surface area contributed by atoms with Crippen LogP contribution in [0.25, 0.3) is 0 Å². The molecule has 1 atom stereocenters. The molecule has 0 aromatic rings. The van der Waals surface area contributed by atoms with Crippen LogP contribution < -0.4 is 0 Å². The minimum atomic E-state index is -5.98. The maximum absolute atomic E-state index is 13.9. The van der Waals surface area contributed by atoms with Gasteiger partial charge in [-0.15, -0.1) is 0 Å². The van der Waals surface area contributed by atoms with E-state index in [1.54, 1.807) is 0 Å². The average Bonchev–Trinajstić information content (AvgIpc) is 2.63. The number of ether oxygens (including phenoxy) is 4. The van der Waals surface area contributed by atoms with Gasteiger partial charge in [0.1, 0.15) is 5.60 Å². The van der Waals surface area contributed by atoms with Crippen molar-refractivity contribution >= 4 is 22.2 Å². The summed E-state index contributed by atoms with van der Waals surface area (Å²) in [7, 11) is -5.98. The summed E-state index contributed by atoms with van der Waals surface area (Å²) in [4.78, 5) is 24.7. The van der Waals surface area contributed by atoms with E-state index in [-0.39, 0.29) is 17.8 Å². The Labute approximate surface area is 192 Å². The number of carbonyl (C=O) groups excluding carboxylic acids is 2. The van der Waals surface area contributed by atoms with E-state index in [1.807, 2.05) is 0 Å². The highest BCUT2D eigenvalue weighted by Crippen LogP contribution is 2.57. The van der Waals surface area contributed by atoms with Crippen LogP contribution >= 0.6 is 0 Å². The van der Waals surface area contributed by atoms with E-state index >= 15 is 0 Å². The lowest BCUT2D eigenvalue weighted by Gasteiger charge is -2.55. The van der Waals surface area contributed by atoms with Crippen LogP contribution in [-0.4, -0.2) is 61.1 Å². The Bertz CT molecular complexity index is 869. The molecule has 4 saturated carbocycles. The van der Waals surface area contributed by atoms with E-state index in [1.165, 1.54) is 0 Å². The lowest BCUT2D eigenvalue weighted by molar-refractivity contribution is -0.357. The van der Waals surface area contributed by atoms with Crippen molar-refractivity contribution in [1.82, 2.24) is 0 Å².